The van der Waals surface area contributed by atoms with E-state index in [2.05, 4.69) is 0 Å². The molecule has 2 nitrogen and oxygen atoms in total. The van der Waals surface area contributed by atoms with Crippen molar-refractivity contribution in [1.29, 1.82) is 0 Å². The molecule has 1 rings (SSSR count). The van der Waals surface area contributed by atoms with Crippen LogP contribution in [0.5, 0.6) is 5.75 Å². The number of para-hydroxylation sites is 1. The van der Waals surface area contributed by atoms with Gasteiger partial charge in [-0.3, -0.25) is 0 Å². The third-order valence-corrected chi connectivity index (χ3v) is 2.08. The van der Waals surface area contributed by atoms with E-state index >= 15 is 0 Å². The molecule has 0 fully saturated rings. The molecule has 0 unspecified atom stereocenters. The molecule has 0 radical (unpaired) electrons. The Morgan fingerprint density at radius 2 is 2.21 bits per heavy atom. The minimum absolute atomic E-state index is 0.285. The lowest BCUT2D eigenvalue weighted by atomic mass is 10.1. The zero-order valence-electron chi connectivity index (χ0n) is 8.46. The van der Waals surface area contributed by atoms with Crippen LogP contribution in [0.3, 0.4) is 0 Å². The van der Waals surface area contributed by atoms with Gasteiger partial charge < -0.3 is 9.84 Å². The van der Waals surface area contributed by atoms with E-state index in [4.69, 9.17) is 9.84 Å². The first-order chi connectivity index (χ1) is 6.65. The van der Waals surface area contributed by atoms with E-state index < -0.39 is 0 Å². The summed E-state index contributed by atoms with van der Waals surface area (Å²) in [7, 11) is 1.45. The quantitative estimate of drug-likeness (QED) is 0.803. The van der Waals surface area contributed by atoms with Crippen molar-refractivity contribution in [2.45, 2.75) is 25.9 Å². The van der Waals surface area contributed by atoms with Crippen molar-refractivity contribution in [3.63, 3.8) is 0 Å². The van der Waals surface area contributed by atoms with Crippen LogP contribution in [0, 0.1) is 5.82 Å². The normalized spacial score (nSPS) is 12.6. The Hall–Kier alpha value is -1.09. The highest BCUT2D eigenvalue weighted by atomic mass is 19.1. The molecule has 14 heavy (non-hydrogen) atoms. The summed E-state index contributed by atoms with van der Waals surface area (Å²) in [5.41, 5.74) is 0.799. The molecule has 1 N–H and O–H groups in total. The molecule has 78 valence electrons. The second kappa shape index (κ2) is 4.96. The summed E-state index contributed by atoms with van der Waals surface area (Å²) in [6.07, 6.45) is 0.862. The highest BCUT2D eigenvalue weighted by molar-refractivity contribution is 5.34. The molecule has 0 saturated carbocycles. The second-order valence-corrected chi connectivity index (χ2v) is 3.32. The monoisotopic (exact) mass is 198 g/mol. The molecular formula is C11H15FO2. The third-order valence-electron chi connectivity index (χ3n) is 2.08. The summed E-state index contributed by atoms with van der Waals surface area (Å²) in [6.45, 7) is 1.71. The standard InChI is InChI=1S/C11H15FO2/c1-8(13)6-7-9-4-3-5-10(12)11(9)14-2/h3-5,8,13H,6-7H2,1-2H3/t8-/m0/s1. The van der Waals surface area contributed by atoms with Crippen LogP contribution in [0.1, 0.15) is 18.9 Å². The molecule has 0 heterocycles. The van der Waals surface area contributed by atoms with Gasteiger partial charge in [-0.25, -0.2) is 4.39 Å². The zero-order valence-corrected chi connectivity index (χ0v) is 8.46. The van der Waals surface area contributed by atoms with Crippen LogP contribution in [0.15, 0.2) is 18.2 Å². The average Bonchev–Trinajstić information content (AvgIpc) is 2.14. The first-order valence-electron chi connectivity index (χ1n) is 4.64. The fourth-order valence-electron chi connectivity index (χ4n) is 1.34. The minimum Gasteiger partial charge on any atom is -0.493 e. The Labute approximate surface area is 83.3 Å². The van der Waals surface area contributed by atoms with Gasteiger partial charge in [0.15, 0.2) is 11.6 Å². The van der Waals surface area contributed by atoms with Gasteiger partial charge in [-0.15, -0.1) is 0 Å². The summed E-state index contributed by atoms with van der Waals surface area (Å²) in [5, 5.41) is 9.11. The summed E-state index contributed by atoms with van der Waals surface area (Å²) >= 11 is 0. The van der Waals surface area contributed by atoms with Gasteiger partial charge in [-0.1, -0.05) is 12.1 Å². The molecule has 3 heteroatoms. The van der Waals surface area contributed by atoms with E-state index in [9.17, 15) is 4.39 Å². The molecule has 0 amide bonds. The predicted molar refractivity (Wildman–Crippen MR) is 53.0 cm³/mol. The fourth-order valence-corrected chi connectivity index (χ4v) is 1.34. The number of benzene rings is 1. The average molecular weight is 198 g/mol. The molecule has 1 atom stereocenters. The molecule has 0 spiro atoms. The molecule has 0 aliphatic rings. The fraction of sp³-hybridized carbons (Fsp3) is 0.455. The van der Waals surface area contributed by atoms with Gasteiger partial charge in [0.1, 0.15) is 0 Å². The third kappa shape index (κ3) is 2.70. The summed E-state index contributed by atoms with van der Waals surface area (Å²) in [5.74, 6) is -0.0660. The Balaban J connectivity index is 2.80. The van der Waals surface area contributed by atoms with Gasteiger partial charge in [0.05, 0.1) is 13.2 Å². The first-order valence-corrected chi connectivity index (χ1v) is 4.64. The van der Waals surface area contributed by atoms with Crippen LogP contribution in [-0.2, 0) is 6.42 Å². The van der Waals surface area contributed by atoms with Crippen molar-refractivity contribution >= 4 is 0 Å². The maximum Gasteiger partial charge on any atom is 0.165 e. The second-order valence-electron chi connectivity index (χ2n) is 3.32. The first kappa shape index (κ1) is 11.0. The number of aryl methyl sites for hydroxylation is 1. The van der Waals surface area contributed by atoms with Crippen LogP contribution in [0.25, 0.3) is 0 Å². The predicted octanol–water partition coefficient (Wildman–Crippen LogP) is 2.15. The van der Waals surface area contributed by atoms with Crippen molar-refractivity contribution in [2.24, 2.45) is 0 Å². The van der Waals surface area contributed by atoms with Crippen LogP contribution in [0.4, 0.5) is 4.39 Å². The highest BCUT2D eigenvalue weighted by Gasteiger charge is 2.08. The smallest absolute Gasteiger partial charge is 0.165 e. The maximum atomic E-state index is 13.2. The van der Waals surface area contributed by atoms with Crippen LogP contribution < -0.4 is 4.74 Å². The number of rotatable bonds is 4. The number of hydrogen-bond acceptors (Lipinski definition) is 2. The lowest BCUT2D eigenvalue weighted by Gasteiger charge is -2.09. The van der Waals surface area contributed by atoms with E-state index in [1.54, 1.807) is 13.0 Å². The SMILES string of the molecule is COc1c(F)cccc1CC[C@H](C)O. The number of aliphatic hydroxyl groups excluding tert-OH is 1. The molecule has 0 aliphatic carbocycles. The van der Waals surface area contributed by atoms with E-state index in [1.807, 2.05) is 6.07 Å². The number of aliphatic hydroxyl groups is 1. The molecule has 1 aromatic rings. The number of ether oxygens (including phenoxy) is 1. The highest BCUT2D eigenvalue weighted by Crippen LogP contribution is 2.23. The zero-order chi connectivity index (χ0) is 10.6. The summed E-state index contributed by atoms with van der Waals surface area (Å²) < 4.78 is 18.1. The Kier molecular flexibility index (Phi) is 3.89. The van der Waals surface area contributed by atoms with E-state index in [0.717, 1.165) is 5.56 Å². The molecule has 0 saturated heterocycles. The topological polar surface area (TPSA) is 29.5 Å². The summed E-state index contributed by atoms with van der Waals surface area (Å²) in [6, 6.07) is 4.82. The van der Waals surface area contributed by atoms with Crippen molar-refractivity contribution in [3.8, 4) is 5.75 Å². The Morgan fingerprint density at radius 3 is 2.79 bits per heavy atom. The van der Waals surface area contributed by atoms with Gasteiger partial charge in [0, 0.05) is 0 Å². The number of halogens is 1. The minimum atomic E-state index is -0.372. The molecule has 0 aromatic heterocycles. The van der Waals surface area contributed by atoms with Crippen molar-refractivity contribution in [1.82, 2.24) is 0 Å². The Bertz CT molecular complexity index is 297. The van der Waals surface area contributed by atoms with Gasteiger partial charge in [-0.05, 0) is 31.4 Å². The van der Waals surface area contributed by atoms with E-state index in [0.29, 0.717) is 12.8 Å². The molecule has 0 bridgehead atoms. The lowest BCUT2D eigenvalue weighted by molar-refractivity contribution is 0.184. The lowest BCUT2D eigenvalue weighted by Crippen LogP contribution is -2.03. The van der Waals surface area contributed by atoms with Crippen molar-refractivity contribution in [3.05, 3.63) is 29.6 Å². The van der Waals surface area contributed by atoms with E-state index in [-0.39, 0.29) is 17.7 Å². The van der Waals surface area contributed by atoms with Gasteiger partial charge in [0.2, 0.25) is 0 Å². The molecule has 0 aliphatic heterocycles. The largest absolute Gasteiger partial charge is 0.493 e. The van der Waals surface area contributed by atoms with Gasteiger partial charge in [-0.2, -0.15) is 0 Å². The van der Waals surface area contributed by atoms with Crippen LogP contribution >= 0.6 is 0 Å². The van der Waals surface area contributed by atoms with E-state index in [1.165, 1.54) is 13.2 Å². The van der Waals surface area contributed by atoms with Gasteiger partial charge in [0.25, 0.3) is 0 Å². The van der Waals surface area contributed by atoms with Crippen LogP contribution in [0.2, 0.25) is 0 Å². The number of methoxy groups -OCH3 is 1. The maximum absolute atomic E-state index is 13.2. The number of hydrogen-bond donors (Lipinski definition) is 1. The van der Waals surface area contributed by atoms with Crippen molar-refractivity contribution in [2.75, 3.05) is 7.11 Å². The summed E-state index contributed by atoms with van der Waals surface area (Å²) in [4.78, 5) is 0. The molecule has 1 aromatic carbocycles. The van der Waals surface area contributed by atoms with Gasteiger partial charge >= 0.3 is 0 Å². The van der Waals surface area contributed by atoms with Crippen LogP contribution in [-0.4, -0.2) is 18.3 Å². The molecular weight excluding hydrogens is 183 g/mol. The van der Waals surface area contributed by atoms with Crippen molar-refractivity contribution < 1.29 is 14.2 Å². The Morgan fingerprint density at radius 1 is 1.50 bits per heavy atom.